The molecule has 0 spiro atoms. The van der Waals surface area contributed by atoms with Crippen LogP contribution in [0, 0.1) is 11.8 Å². The van der Waals surface area contributed by atoms with Crippen molar-refractivity contribution in [1.29, 1.82) is 0 Å². The molecule has 172 valence electrons. The van der Waals surface area contributed by atoms with Gasteiger partial charge < -0.3 is 14.8 Å². The van der Waals surface area contributed by atoms with Gasteiger partial charge in [-0.3, -0.25) is 9.80 Å². The van der Waals surface area contributed by atoms with Crippen molar-refractivity contribution >= 4 is 17.3 Å². The largest absolute Gasteiger partial charge is 0.493 e. The third-order valence-corrected chi connectivity index (χ3v) is 5.73. The summed E-state index contributed by atoms with van der Waals surface area (Å²) in [6, 6.07) is 14.1. The van der Waals surface area contributed by atoms with Crippen molar-refractivity contribution < 1.29 is 14.3 Å². The number of hydrogen-bond acceptors (Lipinski definition) is 5. The van der Waals surface area contributed by atoms with E-state index in [9.17, 15) is 4.79 Å². The van der Waals surface area contributed by atoms with Crippen LogP contribution in [0.1, 0.15) is 51.7 Å². The summed E-state index contributed by atoms with van der Waals surface area (Å²) in [5.74, 6) is 1.90. The van der Waals surface area contributed by atoms with Gasteiger partial charge in [0.1, 0.15) is 0 Å². The third-order valence-electron chi connectivity index (χ3n) is 5.73. The van der Waals surface area contributed by atoms with E-state index < -0.39 is 0 Å². The van der Waals surface area contributed by atoms with E-state index >= 15 is 0 Å². The van der Waals surface area contributed by atoms with Crippen LogP contribution in [0.2, 0.25) is 0 Å². The molecule has 1 heterocycles. The Kier molecular flexibility index (Phi) is 8.14. The van der Waals surface area contributed by atoms with Gasteiger partial charge in [0, 0.05) is 29.6 Å². The predicted octanol–water partition coefficient (Wildman–Crippen LogP) is 5.32. The number of ether oxygens (including phenoxy) is 2. The Balaban J connectivity index is 1.78. The monoisotopic (exact) mass is 437 g/mol. The molecule has 6 heteroatoms. The maximum Gasteiger partial charge on any atom is 0.226 e. The number of methoxy groups -OCH3 is 1. The quantitative estimate of drug-likeness (QED) is 0.576. The first-order chi connectivity index (χ1) is 15.4. The zero-order valence-corrected chi connectivity index (χ0v) is 19.9. The fourth-order valence-electron chi connectivity index (χ4n) is 3.83. The zero-order valence-electron chi connectivity index (χ0n) is 19.9. The van der Waals surface area contributed by atoms with Gasteiger partial charge in [-0.2, -0.15) is 5.10 Å². The summed E-state index contributed by atoms with van der Waals surface area (Å²) in [6.07, 6.45) is 2.11. The summed E-state index contributed by atoms with van der Waals surface area (Å²) in [5, 5.41) is 10.1. The maximum atomic E-state index is 11.9. The van der Waals surface area contributed by atoms with Gasteiger partial charge in [-0.05, 0) is 55.7 Å². The number of nitrogens with one attached hydrogen (secondary N) is 1. The molecule has 0 radical (unpaired) electrons. The second-order valence-electron chi connectivity index (χ2n) is 8.41. The molecule has 1 aliphatic heterocycles. The SMILES string of the molecule is CCOc1cc(C2=NN(Cc3ccc(NC(=O)C(C)C)cc3)CCC2CC)ccc1OC. The van der Waals surface area contributed by atoms with E-state index in [1.54, 1.807) is 7.11 Å². The molecule has 6 nitrogen and oxygen atoms in total. The predicted molar refractivity (Wildman–Crippen MR) is 129 cm³/mol. The van der Waals surface area contributed by atoms with E-state index in [1.807, 2.05) is 45.0 Å². The Morgan fingerprint density at radius 3 is 2.53 bits per heavy atom. The lowest BCUT2D eigenvalue weighted by Gasteiger charge is -2.31. The van der Waals surface area contributed by atoms with E-state index in [-0.39, 0.29) is 11.8 Å². The van der Waals surface area contributed by atoms with Gasteiger partial charge in [-0.15, -0.1) is 0 Å². The molecule has 1 N–H and O–H groups in total. The molecular formula is C26H35N3O3. The standard InChI is InChI=1S/C26H35N3O3/c1-6-20-14-15-29(17-19-8-11-22(12-9-19)27-26(30)18(3)4)28-25(20)21-10-13-23(31-5)24(16-21)32-7-2/h8-13,16,18,20H,6-7,14-15,17H2,1-5H3,(H,27,30). The van der Waals surface area contributed by atoms with Crippen LogP contribution in [0.5, 0.6) is 11.5 Å². The van der Waals surface area contributed by atoms with E-state index in [4.69, 9.17) is 14.6 Å². The highest BCUT2D eigenvalue weighted by molar-refractivity contribution is 6.03. The van der Waals surface area contributed by atoms with Gasteiger partial charge in [0.2, 0.25) is 5.91 Å². The molecule has 0 aliphatic carbocycles. The number of nitrogens with zero attached hydrogens (tertiary/aromatic N) is 2. The Labute approximate surface area is 191 Å². The van der Waals surface area contributed by atoms with Crippen molar-refractivity contribution in [1.82, 2.24) is 5.01 Å². The van der Waals surface area contributed by atoms with Gasteiger partial charge >= 0.3 is 0 Å². The lowest BCUT2D eigenvalue weighted by Crippen LogP contribution is -2.32. The van der Waals surface area contributed by atoms with E-state index in [0.717, 1.165) is 60.0 Å². The van der Waals surface area contributed by atoms with Crippen LogP contribution in [0.25, 0.3) is 0 Å². The maximum absolute atomic E-state index is 11.9. The second kappa shape index (κ2) is 11.0. The van der Waals surface area contributed by atoms with Crippen LogP contribution < -0.4 is 14.8 Å². The summed E-state index contributed by atoms with van der Waals surface area (Å²) in [6.45, 7) is 10.2. The zero-order chi connectivity index (χ0) is 23.1. The van der Waals surface area contributed by atoms with Crippen molar-refractivity contribution in [3.8, 4) is 11.5 Å². The minimum absolute atomic E-state index is 0.0274. The highest BCUT2D eigenvalue weighted by atomic mass is 16.5. The summed E-state index contributed by atoms with van der Waals surface area (Å²) in [5.41, 5.74) is 4.17. The second-order valence-corrected chi connectivity index (χ2v) is 8.41. The minimum atomic E-state index is -0.0384. The van der Waals surface area contributed by atoms with Crippen molar-refractivity contribution in [2.24, 2.45) is 16.9 Å². The first-order valence-electron chi connectivity index (χ1n) is 11.5. The summed E-state index contributed by atoms with van der Waals surface area (Å²) in [4.78, 5) is 11.9. The van der Waals surface area contributed by atoms with Crippen LogP contribution in [0.3, 0.4) is 0 Å². The molecule has 0 saturated heterocycles. The highest BCUT2D eigenvalue weighted by Crippen LogP contribution is 2.31. The number of carbonyl (C=O) groups is 1. The number of rotatable bonds is 9. The number of carbonyl (C=O) groups excluding carboxylic acids is 1. The van der Waals surface area contributed by atoms with Crippen molar-refractivity contribution in [2.45, 2.75) is 47.1 Å². The van der Waals surface area contributed by atoms with Gasteiger partial charge in [0.05, 0.1) is 26.0 Å². The van der Waals surface area contributed by atoms with Crippen molar-refractivity contribution in [2.75, 3.05) is 25.6 Å². The summed E-state index contributed by atoms with van der Waals surface area (Å²) >= 11 is 0. The van der Waals surface area contributed by atoms with Crippen LogP contribution in [-0.4, -0.2) is 36.9 Å². The molecule has 1 aliphatic rings. The fourth-order valence-corrected chi connectivity index (χ4v) is 3.83. The molecule has 0 bridgehead atoms. The molecular weight excluding hydrogens is 402 g/mol. The first kappa shape index (κ1) is 23.6. The smallest absolute Gasteiger partial charge is 0.226 e. The Morgan fingerprint density at radius 1 is 1.16 bits per heavy atom. The molecule has 3 rings (SSSR count). The summed E-state index contributed by atoms with van der Waals surface area (Å²) in [7, 11) is 1.66. The van der Waals surface area contributed by atoms with Gasteiger partial charge in [0.15, 0.2) is 11.5 Å². The van der Waals surface area contributed by atoms with Crippen LogP contribution in [-0.2, 0) is 11.3 Å². The number of anilines is 1. The van der Waals surface area contributed by atoms with Crippen LogP contribution >= 0.6 is 0 Å². The number of hydrogen-bond donors (Lipinski definition) is 1. The van der Waals surface area contributed by atoms with Gasteiger partial charge in [-0.25, -0.2) is 0 Å². The van der Waals surface area contributed by atoms with Gasteiger partial charge in [0.25, 0.3) is 0 Å². The highest BCUT2D eigenvalue weighted by Gasteiger charge is 2.24. The molecule has 0 saturated carbocycles. The fraction of sp³-hybridized carbons (Fsp3) is 0.462. The average Bonchev–Trinajstić information content (AvgIpc) is 2.80. The number of amides is 1. The molecule has 0 fully saturated rings. The number of benzene rings is 2. The average molecular weight is 438 g/mol. The minimum Gasteiger partial charge on any atom is -0.493 e. The van der Waals surface area contributed by atoms with Crippen molar-refractivity contribution in [3.05, 3.63) is 53.6 Å². The molecule has 0 aromatic heterocycles. The van der Waals surface area contributed by atoms with Crippen LogP contribution in [0.4, 0.5) is 5.69 Å². The van der Waals surface area contributed by atoms with Crippen molar-refractivity contribution in [3.63, 3.8) is 0 Å². The molecule has 1 atom stereocenters. The Hall–Kier alpha value is -3.02. The molecule has 32 heavy (non-hydrogen) atoms. The topological polar surface area (TPSA) is 63.2 Å². The lowest BCUT2D eigenvalue weighted by molar-refractivity contribution is -0.118. The van der Waals surface area contributed by atoms with E-state index in [2.05, 4.69) is 35.4 Å². The van der Waals surface area contributed by atoms with Gasteiger partial charge in [-0.1, -0.05) is 32.9 Å². The lowest BCUT2D eigenvalue weighted by atomic mass is 9.90. The number of hydrazone groups is 1. The Bertz CT molecular complexity index is 938. The Morgan fingerprint density at radius 2 is 1.91 bits per heavy atom. The molecule has 1 amide bonds. The van der Waals surface area contributed by atoms with E-state index in [0.29, 0.717) is 12.5 Å². The third kappa shape index (κ3) is 5.81. The molecule has 1 unspecified atom stereocenters. The first-order valence-corrected chi connectivity index (χ1v) is 11.5. The molecule has 2 aromatic carbocycles. The normalized spacial score (nSPS) is 16.0. The van der Waals surface area contributed by atoms with Crippen LogP contribution in [0.15, 0.2) is 47.6 Å². The van der Waals surface area contributed by atoms with E-state index in [1.165, 1.54) is 0 Å². The summed E-state index contributed by atoms with van der Waals surface area (Å²) < 4.78 is 11.2. The molecule has 2 aromatic rings.